The molecular weight excluding hydrogens is 669 g/mol. The van der Waals surface area contributed by atoms with E-state index in [4.69, 9.17) is 14.2 Å². The van der Waals surface area contributed by atoms with Gasteiger partial charge in [-0.25, -0.2) is 0 Å². The number of esters is 2. The molecule has 0 rings (SSSR count). The van der Waals surface area contributed by atoms with Crippen LogP contribution >= 0.6 is 0 Å². The van der Waals surface area contributed by atoms with Gasteiger partial charge in [0.25, 0.3) is 0 Å². The summed E-state index contributed by atoms with van der Waals surface area (Å²) in [6.45, 7) is 7.41. The second-order valence-corrected chi connectivity index (χ2v) is 13.8. The van der Waals surface area contributed by atoms with Gasteiger partial charge in [-0.15, -0.1) is 0 Å². The number of ether oxygens (including phenoxy) is 3. The molecule has 0 saturated heterocycles. The Morgan fingerprint density at radius 3 is 1.37 bits per heavy atom. The average Bonchev–Trinajstić information content (AvgIpc) is 3.17. The smallest absolute Gasteiger partial charge is 0.306 e. The lowest BCUT2D eigenvalue weighted by atomic mass is 10.1. The number of rotatable bonds is 38. The summed E-state index contributed by atoms with van der Waals surface area (Å²) in [6, 6.07) is 0. The van der Waals surface area contributed by atoms with Crippen LogP contribution in [0.2, 0.25) is 0 Å². The molecule has 0 spiro atoms. The van der Waals surface area contributed by atoms with Crippen LogP contribution in [0.1, 0.15) is 175 Å². The van der Waals surface area contributed by atoms with Gasteiger partial charge < -0.3 is 14.2 Å². The maximum Gasteiger partial charge on any atom is 0.306 e. The lowest BCUT2D eigenvalue weighted by molar-refractivity contribution is -0.163. The van der Waals surface area contributed by atoms with Gasteiger partial charge in [0.1, 0.15) is 6.61 Å². The quantitative estimate of drug-likeness (QED) is 0.0357. The molecule has 0 saturated carbocycles. The Labute approximate surface area is 332 Å². The number of hydrogen-bond acceptors (Lipinski definition) is 5. The second kappa shape index (κ2) is 44.2. The van der Waals surface area contributed by atoms with Gasteiger partial charge in [0.15, 0.2) is 6.10 Å². The molecule has 0 aromatic rings. The van der Waals surface area contributed by atoms with Crippen molar-refractivity contribution in [2.45, 2.75) is 181 Å². The lowest BCUT2D eigenvalue weighted by Crippen LogP contribution is -2.30. The van der Waals surface area contributed by atoms with Crippen molar-refractivity contribution in [1.29, 1.82) is 0 Å². The second-order valence-electron chi connectivity index (χ2n) is 13.8. The van der Waals surface area contributed by atoms with Crippen LogP contribution in [0, 0.1) is 0 Å². The first-order valence-corrected chi connectivity index (χ1v) is 21.8. The van der Waals surface area contributed by atoms with Gasteiger partial charge >= 0.3 is 11.9 Å². The van der Waals surface area contributed by atoms with E-state index < -0.39 is 6.10 Å². The Morgan fingerprint density at radius 2 is 0.833 bits per heavy atom. The molecule has 5 heteroatoms. The molecule has 0 aliphatic rings. The van der Waals surface area contributed by atoms with Crippen molar-refractivity contribution >= 4 is 11.9 Å². The molecule has 0 amide bonds. The Morgan fingerprint density at radius 1 is 0.426 bits per heavy atom. The summed E-state index contributed by atoms with van der Waals surface area (Å²) in [4.78, 5) is 25.0. The van der Waals surface area contributed by atoms with Gasteiger partial charge in [0.2, 0.25) is 0 Å². The fourth-order valence-electron chi connectivity index (χ4n) is 5.43. The average molecular weight is 749 g/mol. The number of carbonyl (C=O) groups excluding carboxylic acids is 2. The summed E-state index contributed by atoms with van der Waals surface area (Å²) in [5.74, 6) is -0.478. The van der Waals surface area contributed by atoms with Crippen LogP contribution in [-0.4, -0.2) is 37.9 Å². The van der Waals surface area contributed by atoms with E-state index >= 15 is 0 Å². The maximum absolute atomic E-state index is 12.5. The summed E-state index contributed by atoms with van der Waals surface area (Å²) in [5, 5.41) is 0. The molecule has 0 aromatic carbocycles. The summed E-state index contributed by atoms with van der Waals surface area (Å²) in [6.07, 6.45) is 58.6. The normalized spacial score (nSPS) is 13.2. The zero-order valence-corrected chi connectivity index (χ0v) is 34.9. The molecular formula is C49H80O5. The van der Waals surface area contributed by atoms with Gasteiger partial charge in [-0.2, -0.15) is 0 Å². The minimum absolute atomic E-state index is 0.0502. The van der Waals surface area contributed by atoms with Gasteiger partial charge in [0.05, 0.1) is 6.61 Å². The minimum Gasteiger partial charge on any atom is -0.462 e. The van der Waals surface area contributed by atoms with Gasteiger partial charge in [-0.1, -0.05) is 163 Å². The zero-order chi connectivity index (χ0) is 39.3. The predicted octanol–water partition coefficient (Wildman–Crippen LogP) is 14.3. The third kappa shape index (κ3) is 41.6. The largest absolute Gasteiger partial charge is 0.462 e. The van der Waals surface area contributed by atoms with Crippen LogP contribution in [-0.2, 0) is 23.8 Å². The summed E-state index contributed by atoms with van der Waals surface area (Å²) >= 11 is 0. The van der Waals surface area contributed by atoms with Crippen LogP contribution in [0.4, 0.5) is 0 Å². The molecule has 0 aromatic heterocycles. The molecule has 0 fully saturated rings. The SMILES string of the molecule is CC/C=C\C/C=C\C/C=C\C/C=C\CCCCCCCOCC(COC(=O)CCCC/C=C\C/C=C\C/C=C\C/C=C\CC)OC(=O)CCCCCCC. The molecule has 0 N–H and O–H groups in total. The van der Waals surface area contributed by atoms with E-state index in [-0.39, 0.29) is 25.2 Å². The number of carbonyl (C=O) groups is 2. The van der Waals surface area contributed by atoms with Crippen LogP contribution in [0.3, 0.4) is 0 Å². The Kier molecular flexibility index (Phi) is 41.6. The third-order valence-corrected chi connectivity index (χ3v) is 8.62. The van der Waals surface area contributed by atoms with Crippen molar-refractivity contribution < 1.29 is 23.8 Å². The fraction of sp³-hybridized carbons (Fsp3) is 0.633. The number of allylic oxidation sites excluding steroid dienone is 16. The van der Waals surface area contributed by atoms with Crippen molar-refractivity contribution in [3.05, 3.63) is 97.2 Å². The van der Waals surface area contributed by atoms with Crippen LogP contribution < -0.4 is 0 Å². The summed E-state index contributed by atoms with van der Waals surface area (Å²) in [7, 11) is 0. The minimum atomic E-state index is -0.562. The van der Waals surface area contributed by atoms with E-state index in [0.29, 0.717) is 19.4 Å². The van der Waals surface area contributed by atoms with Gasteiger partial charge in [-0.05, 0) is 96.3 Å². The standard InChI is InChI=1S/C49H80O5/c1-4-7-10-13-15-17-19-21-23-24-25-27-29-31-33-35-38-41-44-52-45-47(54-49(51)43-40-36-12-9-6-3)46-53-48(50)42-39-37-34-32-30-28-26-22-20-18-16-14-11-8-5-2/h7-8,10-11,15-18,21-23,25-27,30,32,47H,4-6,9,12-14,19-20,24,28-29,31,33-46H2,1-3H3/b10-7-,11-8-,17-15-,18-16-,23-21-,26-22-,27-25-,32-30-. The molecule has 0 heterocycles. The molecule has 306 valence electrons. The van der Waals surface area contributed by atoms with E-state index in [1.54, 1.807) is 0 Å². The molecule has 5 nitrogen and oxygen atoms in total. The number of unbranched alkanes of at least 4 members (excludes halogenated alkanes) is 11. The van der Waals surface area contributed by atoms with Crippen molar-refractivity contribution in [3.8, 4) is 0 Å². The maximum atomic E-state index is 12.5. The zero-order valence-electron chi connectivity index (χ0n) is 34.9. The molecule has 1 atom stereocenters. The van der Waals surface area contributed by atoms with Crippen molar-refractivity contribution in [2.75, 3.05) is 19.8 Å². The molecule has 0 bridgehead atoms. The Balaban J connectivity index is 4.20. The first-order chi connectivity index (χ1) is 26.6. The molecule has 0 aliphatic heterocycles. The molecule has 54 heavy (non-hydrogen) atoms. The van der Waals surface area contributed by atoms with Crippen LogP contribution in [0.25, 0.3) is 0 Å². The Hall–Kier alpha value is -3.18. The third-order valence-electron chi connectivity index (χ3n) is 8.62. The molecule has 0 radical (unpaired) electrons. The highest BCUT2D eigenvalue weighted by Gasteiger charge is 2.17. The highest BCUT2D eigenvalue weighted by Crippen LogP contribution is 2.10. The van der Waals surface area contributed by atoms with Gasteiger partial charge in [0, 0.05) is 19.4 Å². The van der Waals surface area contributed by atoms with Crippen LogP contribution in [0.15, 0.2) is 97.2 Å². The van der Waals surface area contributed by atoms with Crippen molar-refractivity contribution in [2.24, 2.45) is 0 Å². The lowest BCUT2D eigenvalue weighted by Gasteiger charge is -2.18. The van der Waals surface area contributed by atoms with Gasteiger partial charge in [-0.3, -0.25) is 9.59 Å². The summed E-state index contributed by atoms with van der Waals surface area (Å²) < 4.78 is 17.1. The van der Waals surface area contributed by atoms with Crippen molar-refractivity contribution in [1.82, 2.24) is 0 Å². The van der Waals surface area contributed by atoms with E-state index in [2.05, 4.69) is 118 Å². The van der Waals surface area contributed by atoms with E-state index in [9.17, 15) is 9.59 Å². The predicted molar refractivity (Wildman–Crippen MR) is 233 cm³/mol. The first-order valence-electron chi connectivity index (χ1n) is 21.8. The highest BCUT2D eigenvalue weighted by atomic mass is 16.6. The fourth-order valence-corrected chi connectivity index (χ4v) is 5.43. The first kappa shape index (κ1) is 50.8. The van der Waals surface area contributed by atoms with E-state index in [1.165, 1.54) is 32.1 Å². The highest BCUT2D eigenvalue weighted by molar-refractivity contribution is 5.70. The summed E-state index contributed by atoms with van der Waals surface area (Å²) in [5.41, 5.74) is 0. The molecule has 0 aliphatic carbocycles. The van der Waals surface area contributed by atoms with E-state index in [0.717, 1.165) is 109 Å². The topological polar surface area (TPSA) is 61.8 Å². The van der Waals surface area contributed by atoms with Crippen molar-refractivity contribution in [3.63, 3.8) is 0 Å². The Bertz CT molecular complexity index is 1070. The monoisotopic (exact) mass is 749 g/mol. The molecule has 1 unspecified atom stereocenters. The van der Waals surface area contributed by atoms with Crippen LogP contribution in [0.5, 0.6) is 0 Å². The van der Waals surface area contributed by atoms with E-state index in [1.807, 2.05) is 0 Å². The number of hydrogen-bond donors (Lipinski definition) is 0.